The average molecular weight is 426 g/mol. The summed E-state index contributed by atoms with van der Waals surface area (Å²) in [4.78, 5) is 14.8. The summed E-state index contributed by atoms with van der Waals surface area (Å²) >= 11 is 6.56. The van der Waals surface area contributed by atoms with Crippen molar-refractivity contribution in [3.8, 4) is 17.3 Å². The molecule has 2 saturated heterocycles. The number of imidazole rings is 1. The Morgan fingerprint density at radius 3 is 2.57 bits per heavy atom. The largest absolute Gasteiger partial charge is 0.461 e. The number of H-pyrrole nitrogens is 1. The topological polar surface area (TPSA) is 75.3 Å². The van der Waals surface area contributed by atoms with Crippen molar-refractivity contribution in [2.45, 2.75) is 18.9 Å². The maximum absolute atomic E-state index is 6.56. The third kappa shape index (κ3) is 3.21. The number of halogens is 1. The highest BCUT2D eigenvalue weighted by Gasteiger charge is 2.49. The van der Waals surface area contributed by atoms with Gasteiger partial charge in [-0.3, -0.25) is 0 Å². The smallest absolute Gasteiger partial charge is 0.296 e. The molecule has 2 aromatic heterocycles. The molecule has 7 nitrogen and oxygen atoms in total. The third-order valence-corrected chi connectivity index (χ3v) is 6.81. The zero-order valence-electron chi connectivity index (χ0n) is 16.7. The molecule has 3 fully saturated rings. The number of ether oxygens (including phenoxy) is 2. The van der Waals surface area contributed by atoms with Crippen LogP contribution in [0.4, 0.5) is 5.69 Å². The van der Waals surface area contributed by atoms with Crippen LogP contribution < -0.4 is 15.0 Å². The molecule has 8 heteroatoms. The molecule has 0 radical (unpaired) electrons. The SMILES string of the molecule is Clc1cc2[nH]c(OC3CC4(CNC4)C3)nc2nc1-c1ccc(N2CCOCC2)cc1. The minimum absolute atomic E-state index is 0.232. The molecule has 3 aromatic rings. The van der Waals surface area contributed by atoms with Crippen LogP contribution in [0.3, 0.4) is 0 Å². The molecule has 1 saturated carbocycles. The molecule has 6 rings (SSSR count). The summed E-state index contributed by atoms with van der Waals surface area (Å²) in [5.41, 5.74) is 4.79. The monoisotopic (exact) mass is 425 g/mol. The maximum atomic E-state index is 6.56. The average Bonchev–Trinajstić information content (AvgIpc) is 3.10. The van der Waals surface area contributed by atoms with Crippen molar-refractivity contribution >= 4 is 28.5 Å². The molecular weight excluding hydrogens is 402 g/mol. The molecule has 1 aromatic carbocycles. The van der Waals surface area contributed by atoms with E-state index in [1.54, 1.807) is 0 Å². The van der Waals surface area contributed by atoms with Gasteiger partial charge in [0.1, 0.15) is 6.10 Å². The lowest BCUT2D eigenvalue weighted by Gasteiger charge is -2.53. The molecule has 2 aliphatic heterocycles. The van der Waals surface area contributed by atoms with E-state index in [0.717, 1.165) is 69.0 Å². The number of hydrogen-bond donors (Lipinski definition) is 2. The fourth-order valence-electron chi connectivity index (χ4n) is 4.72. The fraction of sp³-hybridized carbons (Fsp3) is 0.455. The molecule has 156 valence electrons. The Morgan fingerprint density at radius 2 is 1.87 bits per heavy atom. The van der Waals surface area contributed by atoms with Gasteiger partial charge in [-0.25, -0.2) is 4.98 Å². The van der Waals surface area contributed by atoms with Crippen molar-refractivity contribution in [1.82, 2.24) is 20.3 Å². The normalized spacial score (nSPS) is 20.9. The van der Waals surface area contributed by atoms with Gasteiger partial charge in [-0.2, -0.15) is 4.98 Å². The molecule has 1 aliphatic carbocycles. The number of anilines is 1. The minimum atomic E-state index is 0.232. The number of benzene rings is 1. The van der Waals surface area contributed by atoms with Crippen molar-refractivity contribution in [1.29, 1.82) is 0 Å². The van der Waals surface area contributed by atoms with E-state index in [9.17, 15) is 0 Å². The number of fused-ring (bicyclic) bond motifs is 1. The van der Waals surface area contributed by atoms with E-state index in [1.165, 1.54) is 5.69 Å². The maximum Gasteiger partial charge on any atom is 0.296 e. The summed E-state index contributed by atoms with van der Waals surface area (Å²) < 4.78 is 11.5. The molecular formula is C22H24ClN5O2. The Labute approximate surface area is 179 Å². The van der Waals surface area contributed by atoms with Gasteiger partial charge in [0.05, 0.1) is 29.4 Å². The van der Waals surface area contributed by atoms with Crippen LogP contribution >= 0.6 is 11.6 Å². The first-order chi connectivity index (χ1) is 14.7. The van der Waals surface area contributed by atoms with Gasteiger partial charge in [0.25, 0.3) is 6.01 Å². The first kappa shape index (κ1) is 18.4. The van der Waals surface area contributed by atoms with Crippen LogP contribution in [0.5, 0.6) is 6.01 Å². The molecule has 30 heavy (non-hydrogen) atoms. The molecule has 0 amide bonds. The Bertz CT molecular complexity index is 1070. The molecule has 2 N–H and O–H groups in total. The van der Waals surface area contributed by atoms with Crippen LogP contribution in [-0.4, -0.2) is 60.4 Å². The number of aromatic nitrogens is 3. The second-order valence-electron chi connectivity index (χ2n) is 8.63. The Morgan fingerprint density at radius 1 is 1.10 bits per heavy atom. The summed E-state index contributed by atoms with van der Waals surface area (Å²) in [7, 11) is 0. The fourth-order valence-corrected chi connectivity index (χ4v) is 4.98. The highest BCUT2D eigenvalue weighted by atomic mass is 35.5. The van der Waals surface area contributed by atoms with Crippen molar-refractivity contribution in [3.05, 3.63) is 35.4 Å². The van der Waals surface area contributed by atoms with Gasteiger partial charge in [-0.05, 0) is 31.0 Å². The van der Waals surface area contributed by atoms with E-state index in [2.05, 4.69) is 44.5 Å². The molecule has 1 spiro atoms. The van der Waals surface area contributed by atoms with Crippen LogP contribution in [0.1, 0.15) is 12.8 Å². The van der Waals surface area contributed by atoms with E-state index in [4.69, 9.17) is 26.1 Å². The Kier molecular flexibility index (Phi) is 4.37. The van der Waals surface area contributed by atoms with E-state index in [0.29, 0.717) is 22.1 Å². The van der Waals surface area contributed by atoms with Crippen LogP contribution in [0, 0.1) is 5.41 Å². The summed E-state index contributed by atoms with van der Waals surface area (Å²) in [5, 5.41) is 3.95. The van der Waals surface area contributed by atoms with Crippen molar-refractivity contribution < 1.29 is 9.47 Å². The van der Waals surface area contributed by atoms with E-state index in [-0.39, 0.29) is 6.10 Å². The number of pyridine rings is 1. The van der Waals surface area contributed by atoms with Gasteiger partial charge < -0.3 is 24.7 Å². The molecule has 3 aliphatic rings. The number of rotatable bonds is 4. The van der Waals surface area contributed by atoms with Gasteiger partial charge in [0, 0.05) is 42.8 Å². The van der Waals surface area contributed by atoms with Crippen molar-refractivity contribution in [2.75, 3.05) is 44.3 Å². The number of morpholine rings is 1. The molecule has 0 atom stereocenters. The first-order valence-electron chi connectivity index (χ1n) is 10.5. The van der Waals surface area contributed by atoms with Crippen molar-refractivity contribution in [3.63, 3.8) is 0 Å². The van der Waals surface area contributed by atoms with E-state index < -0.39 is 0 Å². The minimum Gasteiger partial charge on any atom is -0.461 e. The third-order valence-electron chi connectivity index (χ3n) is 6.52. The first-order valence-corrected chi connectivity index (χ1v) is 10.9. The van der Waals surface area contributed by atoms with Crippen LogP contribution in [0.15, 0.2) is 30.3 Å². The quantitative estimate of drug-likeness (QED) is 0.668. The Hall–Kier alpha value is -2.35. The second-order valence-corrected chi connectivity index (χ2v) is 9.04. The highest BCUT2D eigenvalue weighted by Crippen LogP contribution is 2.45. The number of hydrogen-bond acceptors (Lipinski definition) is 6. The number of nitrogens with zero attached hydrogens (tertiary/aromatic N) is 3. The van der Waals surface area contributed by atoms with Gasteiger partial charge in [-0.15, -0.1) is 0 Å². The highest BCUT2D eigenvalue weighted by molar-refractivity contribution is 6.33. The Balaban J connectivity index is 1.21. The predicted molar refractivity (Wildman–Crippen MR) is 116 cm³/mol. The van der Waals surface area contributed by atoms with Crippen LogP contribution in [0.2, 0.25) is 5.02 Å². The molecule has 0 unspecified atom stereocenters. The zero-order valence-corrected chi connectivity index (χ0v) is 17.4. The molecule has 4 heterocycles. The van der Waals surface area contributed by atoms with Crippen molar-refractivity contribution in [2.24, 2.45) is 5.41 Å². The lowest BCUT2D eigenvalue weighted by atomic mass is 9.63. The second kappa shape index (κ2) is 7.11. The van der Waals surface area contributed by atoms with Gasteiger partial charge in [0.2, 0.25) is 0 Å². The van der Waals surface area contributed by atoms with Crippen LogP contribution in [0.25, 0.3) is 22.4 Å². The van der Waals surface area contributed by atoms with Crippen LogP contribution in [-0.2, 0) is 4.74 Å². The molecule has 0 bridgehead atoms. The lowest BCUT2D eigenvalue weighted by Crippen LogP contribution is -2.62. The van der Waals surface area contributed by atoms with E-state index in [1.807, 2.05) is 6.07 Å². The zero-order chi connectivity index (χ0) is 20.1. The number of aromatic amines is 1. The lowest BCUT2D eigenvalue weighted by molar-refractivity contribution is -0.0528. The van der Waals surface area contributed by atoms with Gasteiger partial charge in [-0.1, -0.05) is 23.7 Å². The summed E-state index contributed by atoms with van der Waals surface area (Å²) in [6.07, 6.45) is 2.41. The predicted octanol–water partition coefficient (Wildman–Crippen LogP) is 3.25. The summed E-state index contributed by atoms with van der Waals surface area (Å²) in [6.45, 7) is 5.59. The standard InChI is InChI=1S/C22H24ClN5O2/c23-17-9-18-20(27-21(25-18)30-16-10-22(11-16)12-24-13-22)26-19(17)14-1-3-15(4-2-14)28-5-7-29-8-6-28/h1-4,9,16,24H,5-8,10-13H2,(H,25,26,27). The van der Waals surface area contributed by atoms with E-state index >= 15 is 0 Å². The summed E-state index contributed by atoms with van der Waals surface area (Å²) in [5.74, 6) is 0. The van der Waals surface area contributed by atoms with Gasteiger partial charge in [0.15, 0.2) is 5.65 Å². The van der Waals surface area contributed by atoms with Gasteiger partial charge >= 0.3 is 0 Å². The summed E-state index contributed by atoms with van der Waals surface area (Å²) in [6, 6.07) is 10.8. The number of nitrogens with one attached hydrogen (secondary N) is 2.